The lowest BCUT2D eigenvalue weighted by atomic mass is 10.1. The van der Waals surface area contributed by atoms with Gasteiger partial charge >= 0.3 is 0 Å². The Hall–Kier alpha value is -1.92. The van der Waals surface area contributed by atoms with Crippen LogP contribution in [0.15, 0.2) is 46.9 Å². The second kappa shape index (κ2) is 5.37. The molecule has 4 rings (SSSR count). The van der Waals surface area contributed by atoms with Crippen molar-refractivity contribution < 1.29 is 4.79 Å². The molecule has 1 aromatic carbocycles. The van der Waals surface area contributed by atoms with E-state index in [4.69, 9.17) is 0 Å². The number of fused-ring (bicyclic) bond motifs is 1. The van der Waals surface area contributed by atoms with Crippen LogP contribution in [-0.4, -0.2) is 20.7 Å². The molecule has 6 heteroatoms. The fourth-order valence-corrected chi connectivity index (χ4v) is 4.48. The molecule has 0 aliphatic carbocycles. The van der Waals surface area contributed by atoms with Crippen molar-refractivity contribution in [3.63, 3.8) is 0 Å². The van der Waals surface area contributed by atoms with Crippen LogP contribution < -0.4 is 0 Å². The number of rotatable bonds is 2. The van der Waals surface area contributed by atoms with E-state index >= 15 is 0 Å². The third-order valence-corrected chi connectivity index (χ3v) is 5.91. The number of carbonyl (C=O) groups excluding carboxylic acids is 1. The van der Waals surface area contributed by atoms with Gasteiger partial charge in [-0.15, -0.1) is 16.4 Å². The highest BCUT2D eigenvalue weighted by Gasteiger charge is 2.30. The number of nitrogens with zero attached hydrogens (tertiary/aromatic N) is 3. The van der Waals surface area contributed by atoms with Crippen molar-refractivity contribution >= 4 is 29.0 Å². The minimum absolute atomic E-state index is 0.0120. The lowest BCUT2D eigenvalue weighted by molar-refractivity contribution is 0.0868. The van der Waals surface area contributed by atoms with Gasteiger partial charge in [-0.2, -0.15) is 4.68 Å². The minimum Gasteiger partial charge on any atom is -0.272 e. The van der Waals surface area contributed by atoms with Gasteiger partial charge in [0.05, 0.1) is 5.25 Å². The monoisotopic (exact) mass is 327 g/mol. The normalized spacial score (nSPS) is 17.5. The van der Waals surface area contributed by atoms with Crippen LogP contribution in [0.5, 0.6) is 0 Å². The summed E-state index contributed by atoms with van der Waals surface area (Å²) in [5, 5.41) is 7.26. The topological polar surface area (TPSA) is 47.8 Å². The molecule has 1 atom stereocenters. The van der Waals surface area contributed by atoms with Crippen LogP contribution in [0.25, 0.3) is 11.4 Å². The first-order valence-electron chi connectivity index (χ1n) is 6.98. The molecule has 3 aromatic rings. The van der Waals surface area contributed by atoms with E-state index in [2.05, 4.69) is 16.1 Å². The van der Waals surface area contributed by atoms with Crippen molar-refractivity contribution in [3.8, 4) is 11.4 Å². The Morgan fingerprint density at radius 3 is 2.77 bits per heavy atom. The quantitative estimate of drug-likeness (QED) is 0.708. The van der Waals surface area contributed by atoms with E-state index in [-0.39, 0.29) is 11.2 Å². The third-order valence-electron chi connectivity index (χ3n) is 3.59. The van der Waals surface area contributed by atoms with Gasteiger partial charge in [-0.05, 0) is 18.4 Å². The maximum Gasteiger partial charge on any atom is 0.250 e. The average Bonchev–Trinajstić information content (AvgIpc) is 3.17. The van der Waals surface area contributed by atoms with Crippen LogP contribution in [0.4, 0.5) is 0 Å². The Morgan fingerprint density at radius 1 is 1.23 bits per heavy atom. The van der Waals surface area contributed by atoms with Crippen LogP contribution >= 0.6 is 23.1 Å². The van der Waals surface area contributed by atoms with Crippen LogP contribution in [0.3, 0.4) is 0 Å². The van der Waals surface area contributed by atoms with Gasteiger partial charge in [-0.1, -0.05) is 47.7 Å². The number of benzene rings is 1. The molecule has 0 amide bonds. The Morgan fingerprint density at radius 2 is 2.05 bits per heavy atom. The van der Waals surface area contributed by atoms with E-state index in [1.807, 2.05) is 42.6 Å². The zero-order chi connectivity index (χ0) is 15.1. The van der Waals surface area contributed by atoms with Crippen molar-refractivity contribution in [3.05, 3.63) is 52.2 Å². The molecule has 0 spiro atoms. The van der Waals surface area contributed by atoms with E-state index in [0.717, 1.165) is 5.56 Å². The summed E-state index contributed by atoms with van der Waals surface area (Å²) < 4.78 is 1.45. The second-order valence-corrected chi connectivity index (χ2v) is 7.36. The van der Waals surface area contributed by atoms with Crippen molar-refractivity contribution in [1.82, 2.24) is 14.8 Å². The molecule has 2 aromatic heterocycles. The predicted molar refractivity (Wildman–Crippen MR) is 88.4 cm³/mol. The molecule has 0 unspecified atom stereocenters. The minimum atomic E-state index is 0.0120. The van der Waals surface area contributed by atoms with Crippen LogP contribution in [0.2, 0.25) is 0 Å². The Kier molecular flexibility index (Phi) is 3.35. The molecule has 0 fully saturated rings. The molecule has 110 valence electrons. The van der Waals surface area contributed by atoms with Gasteiger partial charge in [-0.3, -0.25) is 4.79 Å². The SMILES string of the molecule is Cc1ccc(-c2nc3n(n2)C(=O)C[C@H](c2cccs2)S3)cc1. The largest absolute Gasteiger partial charge is 0.272 e. The number of aryl methyl sites for hydroxylation is 1. The van der Waals surface area contributed by atoms with E-state index in [9.17, 15) is 4.79 Å². The maximum absolute atomic E-state index is 12.3. The first-order chi connectivity index (χ1) is 10.7. The maximum atomic E-state index is 12.3. The molecule has 1 aliphatic rings. The van der Waals surface area contributed by atoms with E-state index in [1.165, 1.54) is 15.1 Å². The highest BCUT2D eigenvalue weighted by atomic mass is 32.2. The number of hydrogen-bond donors (Lipinski definition) is 0. The number of carbonyl (C=O) groups is 1. The van der Waals surface area contributed by atoms with Gasteiger partial charge in [0.25, 0.3) is 5.91 Å². The average molecular weight is 327 g/mol. The molecule has 0 saturated heterocycles. The van der Waals surface area contributed by atoms with Gasteiger partial charge in [0.2, 0.25) is 0 Å². The first-order valence-corrected chi connectivity index (χ1v) is 8.74. The molecular weight excluding hydrogens is 314 g/mol. The lowest BCUT2D eigenvalue weighted by Gasteiger charge is -2.18. The Labute approximate surface area is 136 Å². The molecule has 0 bridgehead atoms. The van der Waals surface area contributed by atoms with Gasteiger partial charge in [0.1, 0.15) is 0 Å². The van der Waals surface area contributed by atoms with Gasteiger partial charge in [0, 0.05) is 16.9 Å². The number of hydrogen-bond acceptors (Lipinski definition) is 5. The number of thioether (sulfide) groups is 1. The molecule has 0 N–H and O–H groups in total. The van der Waals surface area contributed by atoms with Crippen LogP contribution in [-0.2, 0) is 0 Å². The number of thiophene rings is 1. The highest BCUT2D eigenvalue weighted by molar-refractivity contribution is 7.99. The summed E-state index contributed by atoms with van der Waals surface area (Å²) in [6.45, 7) is 2.04. The fraction of sp³-hybridized carbons (Fsp3) is 0.188. The molecule has 0 saturated carbocycles. The van der Waals surface area contributed by atoms with Crippen molar-refractivity contribution in [2.45, 2.75) is 23.8 Å². The number of aromatic nitrogens is 3. The first kappa shape index (κ1) is 13.7. The van der Waals surface area contributed by atoms with Gasteiger partial charge in [-0.25, -0.2) is 4.98 Å². The fourth-order valence-electron chi connectivity index (χ4n) is 2.41. The summed E-state index contributed by atoms with van der Waals surface area (Å²) in [4.78, 5) is 18.1. The second-order valence-electron chi connectivity index (χ2n) is 5.22. The van der Waals surface area contributed by atoms with E-state index in [0.29, 0.717) is 17.4 Å². The predicted octanol–water partition coefficient (Wildman–Crippen LogP) is 4.19. The Bertz CT molecular complexity index is 822. The smallest absolute Gasteiger partial charge is 0.250 e. The highest BCUT2D eigenvalue weighted by Crippen LogP contribution is 2.43. The van der Waals surface area contributed by atoms with Gasteiger partial charge in [0.15, 0.2) is 11.0 Å². The summed E-state index contributed by atoms with van der Waals surface area (Å²) in [6, 6.07) is 12.1. The van der Waals surface area contributed by atoms with Crippen molar-refractivity contribution in [1.29, 1.82) is 0 Å². The molecule has 0 radical (unpaired) electrons. The van der Waals surface area contributed by atoms with Gasteiger partial charge < -0.3 is 0 Å². The summed E-state index contributed by atoms with van der Waals surface area (Å²) in [5.74, 6) is 0.626. The molecular formula is C16H13N3OS2. The van der Waals surface area contributed by atoms with Crippen LogP contribution in [0.1, 0.15) is 26.9 Å². The lowest BCUT2D eigenvalue weighted by Crippen LogP contribution is -2.20. The molecule has 3 heterocycles. The Balaban J connectivity index is 1.69. The summed E-state index contributed by atoms with van der Waals surface area (Å²) in [5.41, 5.74) is 2.13. The summed E-state index contributed by atoms with van der Waals surface area (Å²) in [6.07, 6.45) is 0.467. The zero-order valence-electron chi connectivity index (χ0n) is 11.9. The zero-order valence-corrected chi connectivity index (χ0v) is 13.5. The van der Waals surface area contributed by atoms with Crippen molar-refractivity contribution in [2.75, 3.05) is 0 Å². The molecule has 1 aliphatic heterocycles. The van der Waals surface area contributed by atoms with Crippen LogP contribution in [0, 0.1) is 6.92 Å². The molecule has 4 nitrogen and oxygen atoms in total. The standard InChI is InChI=1S/C16H13N3OS2/c1-10-4-6-11(7-5-10)15-17-16-19(18-15)14(20)9-13(22-16)12-3-2-8-21-12/h2-8,13H,9H2,1H3/t13-/m1/s1. The van der Waals surface area contributed by atoms with E-state index in [1.54, 1.807) is 23.1 Å². The molecule has 22 heavy (non-hydrogen) atoms. The van der Waals surface area contributed by atoms with E-state index < -0.39 is 0 Å². The van der Waals surface area contributed by atoms with Crippen molar-refractivity contribution in [2.24, 2.45) is 0 Å². The summed E-state index contributed by atoms with van der Waals surface area (Å²) >= 11 is 3.30. The summed E-state index contributed by atoms with van der Waals surface area (Å²) in [7, 11) is 0. The third kappa shape index (κ3) is 2.38.